The molecule has 1 aliphatic heterocycles. The number of hydrogen-bond acceptors (Lipinski definition) is 6. The van der Waals surface area contributed by atoms with Gasteiger partial charge >= 0.3 is 0 Å². The van der Waals surface area contributed by atoms with Crippen molar-refractivity contribution >= 4 is 42.6 Å². The van der Waals surface area contributed by atoms with E-state index in [1.165, 1.54) is 33.8 Å². The highest BCUT2D eigenvalue weighted by molar-refractivity contribution is 7.89. The first-order chi connectivity index (χ1) is 17.1. The van der Waals surface area contributed by atoms with Gasteiger partial charge in [0.1, 0.15) is 11.3 Å². The molecule has 1 aliphatic rings. The topological polar surface area (TPSA) is 73.8 Å². The number of para-hydroxylation sites is 1. The summed E-state index contributed by atoms with van der Waals surface area (Å²) >= 11 is 1.45. The number of anilines is 1. The van der Waals surface area contributed by atoms with Crippen molar-refractivity contribution in [2.24, 2.45) is 11.8 Å². The molecule has 0 radical (unpaired) electrons. The summed E-state index contributed by atoms with van der Waals surface area (Å²) in [5, 5.41) is 0.754. The van der Waals surface area contributed by atoms with E-state index in [-0.39, 0.29) is 28.5 Å². The van der Waals surface area contributed by atoms with E-state index in [4.69, 9.17) is 0 Å². The molecule has 7 nitrogen and oxygen atoms in total. The highest BCUT2D eigenvalue weighted by Crippen LogP contribution is 2.31. The van der Waals surface area contributed by atoms with Gasteiger partial charge in [-0.3, -0.25) is 4.79 Å². The zero-order valence-corrected chi connectivity index (χ0v) is 22.8. The number of aromatic nitrogens is 1. The Labute approximate surface area is 216 Å². The molecule has 0 unspecified atom stereocenters. The van der Waals surface area contributed by atoms with E-state index in [9.17, 15) is 17.6 Å². The lowest BCUT2D eigenvalue weighted by Crippen LogP contribution is -2.48. The minimum atomic E-state index is -3.64. The maximum Gasteiger partial charge on any atom is 0.253 e. The number of halogens is 1. The van der Waals surface area contributed by atoms with Crippen LogP contribution in [0.4, 0.5) is 9.52 Å². The molecular weight excluding hydrogens is 499 g/mol. The van der Waals surface area contributed by atoms with Crippen LogP contribution in [-0.2, 0) is 10.0 Å². The van der Waals surface area contributed by atoms with E-state index in [2.05, 4.69) is 9.88 Å². The second kappa shape index (κ2) is 10.8. The lowest BCUT2D eigenvalue weighted by atomic mass is 10.2. The van der Waals surface area contributed by atoms with Crippen LogP contribution in [0.3, 0.4) is 0 Å². The summed E-state index contributed by atoms with van der Waals surface area (Å²) in [4.78, 5) is 21.6. The summed E-state index contributed by atoms with van der Waals surface area (Å²) in [7, 11) is -3.64. The average molecular weight is 533 g/mol. The number of hydrogen-bond donors (Lipinski definition) is 0. The minimum absolute atomic E-state index is 0.129. The predicted octanol–water partition coefficient (Wildman–Crippen LogP) is 4.70. The van der Waals surface area contributed by atoms with E-state index in [0.29, 0.717) is 50.3 Å². The number of piperazine rings is 1. The molecule has 0 atom stereocenters. The second-order valence-corrected chi connectivity index (χ2v) is 12.9. The molecule has 1 aromatic heterocycles. The second-order valence-electron chi connectivity index (χ2n) is 10.00. The van der Waals surface area contributed by atoms with Crippen LogP contribution in [0.5, 0.6) is 0 Å². The minimum Gasteiger partial charge on any atom is -0.345 e. The zero-order valence-electron chi connectivity index (χ0n) is 21.1. The number of sulfonamides is 1. The molecule has 2 aromatic carbocycles. The van der Waals surface area contributed by atoms with Crippen molar-refractivity contribution in [1.29, 1.82) is 0 Å². The number of benzene rings is 2. The lowest BCUT2D eigenvalue weighted by molar-refractivity contribution is 0.0746. The number of rotatable bonds is 8. The van der Waals surface area contributed by atoms with Gasteiger partial charge in [0.05, 0.1) is 9.60 Å². The number of thiazole rings is 1. The van der Waals surface area contributed by atoms with Crippen molar-refractivity contribution in [1.82, 2.24) is 14.2 Å². The van der Waals surface area contributed by atoms with Crippen molar-refractivity contribution in [2.75, 3.05) is 44.2 Å². The van der Waals surface area contributed by atoms with Crippen molar-refractivity contribution < 1.29 is 17.6 Å². The predicted molar refractivity (Wildman–Crippen MR) is 143 cm³/mol. The van der Waals surface area contributed by atoms with Crippen LogP contribution < -0.4 is 4.90 Å². The fourth-order valence-electron chi connectivity index (χ4n) is 4.33. The quantitative estimate of drug-likeness (QED) is 0.421. The van der Waals surface area contributed by atoms with Crippen LogP contribution in [0.1, 0.15) is 38.1 Å². The Hall–Kier alpha value is -2.56. The van der Waals surface area contributed by atoms with Gasteiger partial charge in [0.25, 0.3) is 5.91 Å². The van der Waals surface area contributed by atoms with E-state index in [0.717, 1.165) is 9.83 Å². The van der Waals surface area contributed by atoms with Gasteiger partial charge in [-0.05, 0) is 48.2 Å². The first kappa shape index (κ1) is 26.5. The van der Waals surface area contributed by atoms with Crippen LogP contribution in [0, 0.1) is 17.7 Å². The molecule has 1 saturated heterocycles. The van der Waals surface area contributed by atoms with Gasteiger partial charge in [-0.25, -0.2) is 17.8 Å². The summed E-state index contributed by atoms with van der Waals surface area (Å²) in [5.74, 6) is -0.0411. The summed E-state index contributed by atoms with van der Waals surface area (Å²) < 4.78 is 42.8. The van der Waals surface area contributed by atoms with Crippen LogP contribution in [0.15, 0.2) is 47.4 Å². The Kier molecular flexibility index (Phi) is 7.96. The first-order valence-corrected chi connectivity index (χ1v) is 14.5. The van der Waals surface area contributed by atoms with Gasteiger partial charge in [-0.2, -0.15) is 4.31 Å². The molecular formula is C26H33FN4O3S2. The molecule has 0 saturated carbocycles. The third kappa shape index (κ3) is 5.71. The maximum atomic E-state index is 14.0. The number of carbonyl (C=O) groups is 1. The largest absolute Gasteiger partial charge is 0.345 e. The summed E-state index contributed by atoms with van der Waals surface area (Å²) in [6.45, 7) is 11.1. The van der Waals surface area contributed by atoms with Crippen LogP contribution in [0.2, 0.25) is 0 Å². The number of fused-ring (bicyclic) bond motifs is 1. The lowest BCUT2D eigenvalue weighted by Gasteiger charge is -2.34. The standard InChI is InChI=1S/C26H33FN4O3S2/c1-18(2)16-31(17-19(3)4)36(33,34)21-10-8-20(9-11-21)25(32)29-12-14-30(15-13-29)26-28-24-22(27)6-5-7-23(24)35-26/h5-11,18-19H,12-17H2,1-4H3. The molecule has 3 aromatic rings. The van der Waals surface area contributed by atoms with E-state index in [1.807, 2.05) is 33.8 Å². The molecule has 10 heteroatoms. The van der Waals surface area contributed by atoms with Gasteiger partial charge in [-0.15, -0.1) is 0 Å². The Morgan fingerprint density at radius 2 is 1.61 bits per heavy atom. The molecule has 2 heterocycles. The van der Waals surface area contributed by atoms with E-state index < -0.39 is 10.0 Å². The highest BCUT2D eigenvalue weighted by Gasteiger charge is 2.28. The van der Waals surface area contributed by atoms with Gasteiger partial charge in [-0.1, -0.05) is 45.1 Å². The zero-order chi connectivity index (χ0) is 26.0. The van der Waals surface area contributed by atoms with Crippen LogP contribution in [0.25, 0.3) is 10.2 Å². The molecule has 0 spiro atoms. The highest BCUT2D eigenvalue weighted by atomic mass is 32.2. The maximum absolute atomic E-state index is 14.0. The molecule has 1 amide bonds. The summed E-state index contributed by atoms with van der Waals surface area (Å²) in [6.07, 6.45) is 0. The third-order valence-electron chi connectivity index (χ3n) is 6.07. The van der Waals surface area contributed by atoms with E-state index >= 15 is 0 Å². The Bertz CT molecular complexity index is 1300. The number of nitrogens with zero attached hydrogens (tertiary/aromatic N) is 4. The number of amides is 1. The van der Waals surface area contributed by atoms with Gasteiger partial charge < -0.3 is 9.80 Å². The fourth-order valence-corrected chi connectivity index (χ4v) is 7.12. The van der Waals surface area contributed by atoms with Crippen molar-refractivity contribution in [3.05, 3.63) is 53.8 Å². The van der Waals surface area contributed by atoms with Crippen molar-refractivity contribution in [3.63, 3.8) is 0 Å². The Balaban J connectivity index is 1.42. The molecule has 4 rings (SSSR count). The molecule has 0 aliphatic carbocycles. The monoisotopic (exact) mass is 532 g/mol. The molecule has 0 N–H and O–H groups in total. The Morgan fingerprint density at radius 1 is 1.00 bits per heavy atom. The molecule has 0 bridgehead atoms. The average Bonchev–Trinajstić information content (AvgIpc) is 3.29. The van der Waals surface area contributed by atoms with Gasteiger partial charge in [0, 0.05) is 44.8 Å². The molecule has 36 heavy (non-hydrogen) atoms. The normalized spacial score (nSPS) is 15.0. The smallest absolute Gasteiger partial charge is 0.253 e. The SMILES string of the molecule is CC(C)CN(CC(C)C)S(=O)(=O)c1ccc(C(=O)N2CCN(c3nc4c(F)cccc4s3)CC2)cc1. The fraction of sp³-hybridized carbons (Fsp3) is 0.462. The molecule has 194 valence electrons. The first-order valence-electron chi connectivity index (χ1n) is 12.3. The summed E-state index contributed by atoms with van der Waals surface area (Å²) in [6, 6.07) is 11.2. The Morgan fingerprint density at radius 3 is 2.17 bits per heavy atom. The summed E-state index contributed by atoms with van der Waals surface area (Å²) in [5.41, 5.74) is 0.843. The van der Waals surface area contributed by atoms with Gasteiger partial charge in [0.15, 0.2) is 5.13 Å². The third-order valence-corrected chi connectivity index (χ3v) is 9.00. The van der Waals surface area contributed by atoms with Crippen LogP contribution in [-0.4, -0.2) is 67.8 Å². The number of carbonyl (C=O) groups excluding carboxylic acids is 1. The van der Waals surface area contributed by atoms with Crippen molar-refractivity contribution in [3.8, 4) is 0 Å². The van der Waals surface area contributed by atoms with E-state index in [1.54, 1.807) is 23.1 Å². The van der Waals surface area contributed by atoms with Crippen LogP contribution >= 0.6 is 11.3 Å². The van der Waals surface area contributed by atoms with Gasteiger partial charge in [0.2, 0.25) is 10.0 Å². The van der Waals surface area contributed by atoms with Crippen molar-refractivity contribution in [2.45, 2.75) is 32.6 Å². The molecule has 1 fully saturated rings.